The number of pyridine rings is 1. The highest BCUT2D eigenvalue weighted by atomic mass is 16.6. The van der Waals surface area contributed by atoms with Gasteiger partial charge in [-0.25, -0.2) is 9.78 Å². The standard InChI is InChI=1S/C17H24N4O2/c1-17(2,3)23-16(22)19-10-6-5-9-18-12-14-13-21-11-7-4-8-15(21)20-14/h4-8,11,13,18H,9-10,12H2,1-3H3,(H,19,22)/b6-5+. The lowest BCUT2D eigenvalue weighted by Gasteiger charge is -2.19. The van der Waals surface area contributed by atoms with Gasteiger partial charge in [0.2, 0.25) is 0 Å². The van der Waals surface area contributed by atoms with Crippen molar-refractivity contribution in [2.24, 2.45) is 0 Å². The summed E-state index contributed by atoms with van der Waals surface area (Å²) in [6.07, 6.45) is 7.44. The molecule has 0 unspecified atom stereocenters. The Morgan fingerprint density at radius 1 is 1.30 bits per heavy atom. The molecule has 23 heavy (non-hydrogen) atoms. The van der Waals surface area contributed by atoms with E-state index in [2.05, 4.69) is 15.6 Å². The predicted molar refractivity (Wildman–Crippen MR) is 90.3 cm³/mol. The first-order valence-corrected chi connectivity index (χ1v) is 7.69. The van der Waals surface area contributed by atoms with Crippen LogP contribution in [0.15, 0.2) is 42.7 Å². The van der Waals surface area contributed by atoms with Gasteiger partial charge in [-0.2, -0.15) is 0 Å². The third-order valence-electron chi connectivity index (χ3n) is 2.91. The number of rotatable bonds is 6. The van der Waals surface area contributed by atoms with Gasteiger partial charge in [-0.1, -0.05) is 18.2 Å². The van der Waals surface area contributed by atoms with Gasteiger partial charge in [-0.05, 0) is 32.9 Å². The smallest absolute Gasteiger partial charge is 0.407 e. The van der Waals surface area contributed by atoms with Crippen LogP contribution in [0.25, 0.3) is 5.65 Å². The number of nitrogens with zero attached hydrogens (tertiary/aromatic N) is 2. The monoisotopic (exact) mass is 316 g/mol. The molecule has 0 spiro atoms. The molecule has 0 aliphatic carbocycles. The number of fused-ring (bicyclic) bond motifs is 1. The van der Waals surface area contributed by atoms with E-state index >= 15 is 0 Å². The first-order chi connectivity index (χ1) is 10.9. The Kier molecular flexibility index (Phi) is 5.76. The molecule has 6 heteroatoms. The van der Waals surface area contributed by atoms with Gasteiger partial charge in [0.15, 0.2) is 0 Å². The fraction of sp³-hybridized carbons (Fsp3) is 0.412. The van der Waals surface area contributed by atoms with Crippen molar-refractivity contribution < 1.29 is 9.53 Å². The molecule has 0 fully saturated rings. The van der Waals surface area contributed by atoms with Crippen molar-refractivity contribution in [2.75, 3.05) is 13.1 Å². The van der Waals surface area contributed by atoms with E-state index in [4.69, 9.17) is 4.74 Å². The van der Waals surface area contributed by atoms with Crippen LogP contribution in [0, 0.1) is 0 Å². The van der Waals surface area contributed by atoms with Gasteiger partial charge in [-0.3, -0.25) is 0 Å². The number of carbonyl (C=O) groups excluding carboxylic acids is 1. The number of ether oxygens (including phenoxy) is 1. The van der Waals surface area contributed by atoms with Gasteiger partial charge in [0.25, 0.3) is 0 Å². The molecule has 2 N–H and O–H groups in total. The third-order valence-corrected chi connectivity index (χ3v) is 2.91. The second kappa shape index (κ2) is 7.78. The summed E-state index contributed by atoms with van der Waals surface area (Å²) < 4.78 is 7.14. The van der Waals surface area contributed by atoms with Crippen LogP contribution in [-0.4, -0.2) is 34.2 Å². The Morgan fingerprint density at radius 3 is 2.83 bits per heavy atom. The molecular formula is C17H24N4O2. The Hall–Kier alpha value is -2.34. The van der Waals surface area contributed by atoms with E-state index in [0.717, 1.165) is 11.3 Å². The van der Waals surface area contributed by atoms with Crippen LogP contribution in [-0.2, 0) is 11.3 Å². The molecule has 2 heterocycles. The summed E-state index contributed by atoms with van der Waals surface area (Å²) in [5.74, 6) is 0. The molecule has 0 saturated carbocycles. The van der Waals surface area contributed by atoms with Crippen LogP contribution in [0.1, 0.15) is 26.5 Å². The Balaban J connectivity index is 1.62. The highest BCUT2D eigenvalue weighted by Gasteiger charge is 2.14. The van der Waals surface area contributed by atoms with Gasteiger partial charge in [0, 0.05) is 32.0 Å². The zero-order valence-corrected chi connectivity index (χ0v) is 13.9. The summed E-state index contributed by atoms with van der Waals surface area (Å²) in [6.45, 7) is 7.38. The lowest BCUT2D eigenvalue weighted by Crippen LogP contribution is -2.32. The second-order valence-corrected chi connectivity index (χ2v) is 6.18. The highest BCUT2D eigenvalue weighted by molar-refractivity contribution is 5.67. The van der Waals surface area contributed by atoms with Crippen LogP contribution in [0.3, 0.4) is 0 Å². The molecule has 0 radical (unpaired) electrons. The SMILES string of the molecule is CC(C)(C)OC(=O)NC/C=C/CNCc1cn2ccccc2n1. The van der Waals surface area contributed by atoms with Gasteiger partial charge in [0.1, 0.15) is 11.2 Å². The lowest BCUT2D eigenvalue weighted by molar-refractivity contribution is 0.0534. The van der Waals surface area contributed by atoms with E-state index < -0.39 is 11.7 Å². The lowest BCUT2D eigenvalue weighted by atomic mass is 10.2. The maximum absolute atomic E-state index is 11.4. The van der Waals surface area contributed by atoms with E-state index in [9.17, 15) is 4.79 Å². The number of alkyl carbamates (subject to hydrolysis) is 1. The average Bonchev–Trinajstić information content (AvgIpc) is 2.87. The number of amides is 1. The fourth-order valence-electron chi connectivity index (χ4n) is 1.98. The van der Waals surface area contributed by atoms with Gasteiger partial charge >= 0.3 is 6.09 Å². The predicted octanol–water partition coefficient (Wildman–Crippen LogP) is 2.50. The molecule has 0 bridgehead atoms. The van der Waals surface area contributed by atoms with Crippen LogP contribution >= 0.6 is 0 Å². The number of aromatic nitrogens is 2. The summed E-state index contributed by atoms with van der Waals surface area (Å²) in [5, 5.41) is 5.96. The quantitative estimate of drug-likeness (QED) is 0.635. The van der Waals surface area contributed by atoms with Crippen molar-refractivity contribution in [3.8, 4) is 0 Å². The number of hydrogen-bond donors (Lipinski definition) is 2. The topological polar surface area (TPSA) is 67.7 Å². The zero-order chi connectivity index (χ0) is 16.7. The molecular weight excluding hydrogens is 292 g/mol. The molecule has 0 aromatic carbocycles. The van der Waals surface area contributed by atoms with Crippen molar-refractivity contribution in [3.05, 3.63) is 48.4 Å². The molecule has 1 amide bonds. The molecule has 2 rings (SSSR count). The molecule has 0 aliphatic rings. The third kappa shape index (κ3) is 6.12. The Bertz CT molecular complexity index is 638. The van der Waals surface area contributed by atoms with Crippen molar-refractivity contribution >= 4 is 11.7 Å². The summed E-state index contributed by atoms with van der Waals surface area (Å²) in [7, 11) is 0. The molecule has 0 saturated heterocycles. The van der Waals surface area contributed by atoms with E-state index in [0.29, 0.717) is 19.6 Å². The molecule has 0 atom stereocenters. The van der Waals surface area contributed by atoms with Gasteiger partial charge in [0.05, 0.1) is 5.69 Å². The highest BCUT2D eigenvalue weighted by Crippen LogP contribution is 2.06. The summed E-state index contributed by atoms with van der Waals surface area (Å²) >= 11 is 0. The molecule has 6 nitrogen and oxygen atoms in total. The minimum atomic E-state index is -0.469. The molecule has 2 aromatic rings. The summed E-state index contributed by atoms with van der Waals surface area (Å²) in [4.78, 5) is 15.9. The molecule has 2 aromatic heterocycles. The Morgan fingerprint density at radius 2 is 2.09 bits per heavy atom. The molecule has 0 aliphatic heterocycles. The van der Waals surface area contributed by atoms with E-state index in [1.54, 1.807) is 0 Å². The number of carbonyl (C=O) groups is 1. The first kappa shape index (κ1) is 17.0. The number of imidazole rings is 1. The zero-order valence-electron chi connectivity index (χ0n) is 13.9. The number of nitrogens with one attached hydrogen (secondary N) is 2. The average molecular weight is 316 g/mol. The van der Waals surface area contributed by atoms with Crippen molar-refractivity contribution in [2.45, 2.75) is 32.9 Å². The van der Waals surface area contributed by atoms with E-state index in [1.807, 2.05) is 67.9 Å². The minimum Gasteiger partial charge on any atom is -0.444 e. The van der Waals surface area contributed by atoms with Gasteiger partial charge in [-0.15, -0.1) is 0 Å². The Labute approximate surface area is 136 Å². The van der Waals surface area contributed by atoms with Crippen molar-refractivity contribution in [3.63, 3.8) is 0 Å². The minimum absolute atomic E-state index is 0.403. The largest absolute Gasteiger partial charge is 0.444 e. The maximum Gasteiger partial charge on any atom is 0.407 e. The fourth-order valence-corrected chi connectivity index (χ4v) is 1.98. The molecule has 124 valence electrons. The van der Waals surface area contributed by atoms with E-state index in [1.165, 1.54) is 0 Å². The van der Waals surface area contributed by atoms with Crippen LogP contribution < -0.4 is 10.6 Å². The van der Waals surface area contributed by atoms with Crippen LogP contribution in [0.2, 0.25) is 0 Å². The van der Waals surface area contributed by atoms with Crippen LogP contribution in [0.4, 0.5) is 4.79 Å². The summed E-state index contributed by atoms with van der Waals surface area (Å²) in [5.41, 5.74) is 1.47. The van der Waals surface area contributed by atoms with Crippen LogP contribution in [0.5, 0.6) is 0 Å². The number of hydrogen-bond acceptors (Lipinski definition) is 4. The normalized spacial score (nSPS) is 12.0. The summed E-state index contributed by atoms with van der Waals surface area (Å²) in [6, 6.07) is 5.93. The second-order valence-electron chi connectivity index (χ2n) is 6.18. The maximum atomic E-state index is 11.4. The van der Waals surface area contributed by atoms with Crippen molar-refractivity contribution in [1.29, 1.82) is 0 Å². The van der Waals surface area contributed by atoms with E-state index in [-0.39, 0.29) is 0 Å². The first-order valence-electron chi connectivity index (χ1n) is 7.69. The van der Waals surface area contributed by atoms with Gasteiger partial charge < -0.3 is 19.8 Å². The van der Waals surface area contributed by atoms with Crippen molar-refractivity contribution in [1.82, 2.24) is 20.0 Å².